The lowest BCUT2D eigenvalue weighted by molar-refractivity contribution is 0.540. The fourth-order valence-electron chi connectivity index (χ4n) is 3.82. The maximum atomic E-state index is 6.06. The molecular weight excluding hydrogens is 402 g/mol. The van der Waals surface area contributed by atoms with E-state index in [-0.39, 0.29) is 0 Å². The van der Waals surface area contributed by atoms with Crippen LogP contribution in [0.2, 0.25) is 5.02 Å². The molecule has 0 N–H and O–H groups in total. The molecule has 154 valence electrons. The molecule has 0 amide bonds. The van der Waals surface area contributed by atoms with Crippen LogP contribution in [0.15, 0.2) is 34.7 Å². The average molecular weight is 424 g/mol. The van der Waals surface area contributed by atoms with Gasteiger partial charge < -0.3 is 14.2 Å². The molecule has 5 rings (SSSR count). The molecule has 0 spiro atoms. The van der Waals surface area contributed by atoms with E-state index in [0.717, 1.165) is 66.1 Å². The Balaban J connectivity index is 1.35. The zero-order chi connectivity index (χ0) is 20.8. The molecule has 1 aliphatic heterocycles. The molecule has 1 aliphatic rings. The summed E-state index contributed by atoms with van der Waals surface area (Å²) in [5, 5.41) is 5.21. The molecule has 0 radical (unpaired) electrons. The Kier molecular flexibility index (Phi) is 4.58. The Morgan fingerprint density at radius 1 is 0.867 bits per heavy atom. The maximum absolute atomic E-state index is 6.06. The molecule has 8 nitrogen and oxygen atoms in total. The first-order valence-electron chi connectivity index (χ1n) is 9.91. The topological polar surface area (TPSA) is 76.1 Å². The van der Waals surface area contributed by atoms with E-state index in [0.29, 0.717) is 11.0 Å². The highest BCUT2D eigenvalue weighted by Gasteiger charge is 2.23. The van der Waals surface area contributed by atoms with Crippen molar-refractivity contribution in [2.45, 2.75) is 20.8 Å². The van der Waals surface area contributed by atoms with E-state index < -0.39 is 0 Å². The second kappa shape index (κ2) is 7.28. The van der Waals surface area contributed by atoms with E-state index in [4.69, 9.17) is 16.0 Å². The quantitative estimate of drug-likeness (QED) is 0.497. The van der Waals surface area contributed by atoms with Gasteiger partial charge in [0.1, 0.15) is 17.2 Å². The van der Waals surface area contributed by atoms with Gasteiger partial charge in [0.15, 0.2) is 11.4 Å². The van der Waals surface area contributed by atoms with Crippen LogP contribution in [0.4, 0.5) is 11.8 Å². The highest BCUT2D eigenvalue weighted by molar-refractivity contribution is 6.31. The summed E-state index contributed by atoms with van der Waals surface area (Å²) >= 11 is 6.06. The number of fused-ring (bicyclic) bond motifs is 1. The van der Waals surface area contributed by atoms with Crippen LogP contribution in [0.1, 0.15) is 17.2 Å². The summed E-state index contributed by atoms with van der Waals surface area (Å²) in [6.45, 7) is 9.14. The number of hydrogen-bond acceptors (Lipinski definition) is 7. The number of oxazole rings is 1. The fraction of sp³-hybridized carbons (Fsp3) is 0.333. The fourth-order valence-corrected chi connectivity index (χ4v) is 3.98. The second-order valence-electron chi connectivity index (χ2n) is 7.55. The third kappa shape index (κ3) is 3.47. The van der Waals surface area contributed by atoms with Gasteiger partial charge in [0.05, 0.1) is 5.69 Å². The van der Waals surface area contributed by atoms with Crippen molar-refractivity contribution in [3.05, 3.63) is 52.6 Å². The number of piperazine rings is 1. The normalized spacial score (nSPS) is 14.7. The predicted molar refractivity (Wildman–Crippen MR) is 117 cm³/mol. The standard InChI is InChI=1S/C21H22ClN7O/c1-13-10-14(2)29(26-13)20-12-19(23-15(3)24-20)27-6-8-28(9-7-27)21-25-17-11-16(22)4-5-18(17)30-21/h4-5,10-12H,6-9H2,1-3H3. The lowest BCUT2D eigenvalue weighted by atomic mass is 10.3. The molecule has 4 aromatic rings. The molecule has 0 atom stereocenters. The number of aromatic nitrogens is 5. The van der Waals surface area contributed by atoms with Crippen molar-refractivity contribution in [1.29, 1.82) is 0 Å². The first-order chi connectivity index (χ1) is 14.5. The predicted octanol–water partition coefficient (Wildman–Crippen LogP) is 3.71. The van der Waals surface area contributed by atoms with Crippen molar-refractivity contribution < 1.29 is 4.42 Å². The van der Waals surface area contributed by atoms with E-state index in [2.05, 4.69) is 29.9 Å². The van der Waals surface area contributed by atoms with Crippen LogP contribution in [-0.4, -0.2) is 50.9 Å². The van der Waals surface area contributed by atoms with Crippen LogP contribution in [-0.2, 0) is 0 Å². The molecule has 3 aromatic heterocycles. The minimum atomic E-state index is 0.633. The van der Waals surface area contributed by atoms with Crippen LogP contribution in [0.25, 0.3) is 16.9 Å². The lowest BCUT2D eigenvalue weighted by Gasteiger charge is -2.34. The first kappa shape index (κ1) is 18.9. The number of halogens is 1. The number of hydrogen-bond donors (Lipinski definition) is 0. The Morgan fingerprint density at radius 2 is 1.60 bits per heavy atom. The van der Waals surface area contributed by atoms with Crippen LogP contribution in [0, 0.1) is 20.8 Å². The minimum Gasteiger partial charge on any atom is -0.423 e. The summed E-state index contributed by atoms with van der Waals surface area (Å²) in [6, 6.07) is 10.2. The van der Waals surface area contributed by atoms with Gasteiger partial charge in [-0.15, -0.1) is 0 Å². The van der Waals surface area contributed by atoms with E-state index in [9.17, 15) is 0 Å². The summed E-state index contributed by atoms with van der Waals surface area (Å²) in [4.78, 5) is 18.3. The van der Waals surface area contributed by atoms with E-state index >= 15 is 0 Å². The summed E-state index contributed by atoms with van der Waals surface area (Å²) in [5.74, 6) is 2.43. The molecule has 0 bridgehead atoms. The smallest absolute Gasteiger partial charge is 0.298 e. The molecule has 4 heterocycles. The molecule has 0 saturated carbocycles. The van der Waals surface area contributed by atoms with Gasteiger partial charge in [0.25, 0.3) is 6.01 Å². The third-order valence-corrected chi connectivity index (χ3v) is 5.49. The van der Waals surface area contributed by atoms with Gasteiger partial charge in [-0.2, -0.15) is 10.1 Å². The third-order valence-electron chi connectivity index (χ3n) is 5.25. The molecule has 30 heavy (non-hydrogen) atoms. The van der Waals surface area contributed by atoms with Crippen molar-refractivity contribution in [2.75, 3.05) is 36.0 Å². The first-order valence-corrected chi connectivity index (χ1v) is 10.3. The minimum absolute atomic E-state index is 0.633. The second-order valence-corrected chi connectivity index (χ2v) is 7.99. The van der Waals surface area contributed by atoms with E-state index in [1.54, 1.807) is 0 Å². The van der Waals surface area contributed by atoms with Crippen molar-refractivity contribution in [3.63, 3.8) is 0 Å². The zero-order valence-corrected chi connectivity index (χ0v) is 17.9. The number of rotatable bonds is 3. The summed E-state index contributed by atoms with van der Waals surface area (Å²) < 4.78 is 7.78. The van der Waals surface area contributed by atoms with Crippen molar-refractivity contribution in [1.82, 2.24) is 24.7 Å². The molecule has 1 aromatic carbocycles. The maximum Gasteiger partial charge on any atom is 0.298 e. The van der Waals surface area contributed by atoms with Gasteiger partial charge in [0, 0.05) is 43.0 Å². The number of anilines is 2. The Morgan fingerprint density at radius 3 is 2.33 bits per heavy atom. The van der Waals surface area contributed by atoms with Crippen LogP contribution in [0.3, 0.4) is 0 Å². The Labute approximate surface area is 179 Å². The molecule has 1 saturated heterocycles. The van der Waals surface area contributed by atoms with Crippen molar-refractivity contribution in [3.8, 4) is 5.82 Å². The van der Waals surface area contributed by atoms with Gasteiger partial charge in [-0.3, -0.25) is 0 Å². The van der Waals surface area contributed by atoms with Crippen LogP contribution >= 0.6 is 11.6 Å². The molecule has 0 unspecified atom stereocenters. The van der Waals surface area contributed by atoms with Crippen LogP contribution < -0.4 is 9.80 Å². The molecule has 1 fully saturated rings. The number of nitrogens with zero attached hydrogens (tertiary/aromatic N) is 7. The van der Waals surface area contributed by atoms with Gasteiger partial charge in [-0.25, -0.2) is 14.6 Å². The van der Waals surface area contributed by atoms with E-state index in [1.165, 1.54) is 0 Å². The average Bonchev–Trinajstić information content (AvgIpc) is 3.29. The number of aryl methyl sites for hydroxylation is 3. The molecular formula is C21H22ClN7O. The van der Waals surface area contributed by atoms with Crippen molar-refractivity contribution in [2.24, 2.45) is 0 Å². The Hall–Kier alpha value is -3.13. The van der Waals surface area contributed by atoms with Gasteiger partial charge in [-0.1, -0.05) is 11.6 Å². The largest absolute Gasteiger partial charge is 0.423 e. The highest BCUT2D eigenvalue weighted by atomic mass is 35.5. The van der Waals surface area contributed by atoms with Crippen LogP contribution in [0.5, 0.6) is 0 Å². The summed E-state index contributed by atoms with van der Waals surface area (Å²) in [7, 11) is 0. The highest BCUT2D eigenvalue weighted by Crippen LogP contribution is 2.26. The summed E-state index contributed by atoms with van der Waals surface area (Å²) in [6.07, 6.45) is 0. The number of benzene rings is 1. The van der Waals surface area contributed by atoms with Gasteiger partial charge >= 0.3 is 0 Å². The monoisotopic (exact) mass is 423 g/mol. The van der Waals surface area contributed by atoms with Gasteiger partial charge in [-0.05, 0) is 45.0 Å². The lowest BCUT2D eigenvalue weighted by Crippen LogP contribution is -2.47. The van der Waals surface area contributed by atoms with Crippen molar-refractivity contribution >= 4 is 34.5 Å². The molecule has 0 aliphatic carbocycles. The van der Waals surface area contributed by atoms with Gasteiger partial charge in [0.2, 0.25) is 0 Å². The van der Waals surface area contributed by atoms with E-state index in [1.807, 2.05) is 55.8 Å². The molecule has 9 heteroatoms. The zero-order valence-electron chi connectivity index (χ0n) is 17.1. The SMILES string of the molecule is Cc1cc(C)n(-c2cc(N3CCN(c4nc5cc(Cl)ccc5o4)CC3)nc(C)n2)n1. The summed E-state index contributed by atoms with van der Waals surface area (Å²) in [5.41, 5.74) is 3.55. The Bertz CT molecular complexity index is 1220.